The molecule has 0 atom stereocenters. The zero-order valence-electron chi connectivity index (χ0n) is 15.2. The second-order valence-electron chi connectivity index (χ2n) is 8.15. The van der Waals surface area contributed by atoms with E-state index in [1.54, 1.807) is 0 Å². The first kappa shape index (κ1) is 14.6. The van der Waals surface area contributed by atoms with Crippen LogP contribution in [0.5, 0.6) is 0 Å². The van der Waals surface area contributed by atoms with Gasteiger partial charge in [-0.05, 0) is 49.5 Å². The van der Waals surface area contributed by atoms with Crippen LogP contribution in [0.15, 0.2) is 60.6 Å². The van der Waals surface area contributed by atoms with E-state index in [-0.39, 0.29) is 5.54 Å². The quantitative estimate of drug-likeness (QED) is 0.784. The van der Waals surface area contributed by atoms with Crippen molar-refractivity contribution in [1.82, 2.24) is 9.88 Å². The highest BCUT2D eigenvalue weighted by Crippen LogP contribution is 2.56. The molecule has 0 bridgehead atoms. The number of hydrogen-bond acceptors (Lipinski definition) is 3. The fourth-order valence-electron chi connectivity index (χ4n) is 4.74. The predicted octanol–water partition coefficient (Wildman–Crippen LogP) is 4.78. The van der Waals surface area contributed by atoms with Crippen LogP contribution in [0.1, 0.15) is 42.9 Å². The van der Waals surface area contributed by atoms with Crippen molar-refractivity contribution in [3.63, 3.8) is 0 Å². The second-order valence-corrected chi connectivity index (χ2v) is 8.15. The Morgan fingerprint density at radius 1 is 1.15 bits per heavy atom. The Bertz CT molecular complexity index is 963. The normalized spacial score (nSPS) is 22.1. The number of fused-ring (bicyclic) bond motifs is 4. The highest BCUT2D eigenvalue weighted by Gasteiger charge is 2.50. The van der Waals surface area contributed by atoms with Gasteiger partial charge in [0.25, 0.3) is 0 Å². The zero-order chi connectivity index (χ0) is 17.3. The van der Waals surface area contributed by atoms with Crippen molar-refractivity contribution in [3.05, 3.63) is 71.8 Å². The van der Waals surface area contributed by atoms with E-state index in [0.29, 0.717) is 5.92 Å². The maximum atomic E-state index is 4.72. The zero-order valence-corrected chi connectivity index (χ0v) is 15.2. The fraction of sp³-hybridized carbons (Fsp3) is 0.348. The van der Waals surface area contributed by atoms with Crippen molar-refractivity contribution in [3.8, 4) is 11.1 Å². The molecule has 0 N–H and O–H groups in total. The van der Waals surface area contributed by atoms with Crippen molar-refractivity contribution in [2.45, 2.75) is 37.1 Å². The smallest absolute Gasteiger partial charge is 0.0668 e. The number of rotatable bonds is 2. The second kappa shape index (κ2) is 5.00. The van der Waals surface area contributed by atoms with E-state index in [0.717, 1.165) is 6.54 Å². The summed E-state index contributed by atoms with van der Waals surface area (Å²) in [7, 11) is 2.24. The molecule has 26 heavy (non-hydrogen) atoms. The SMILES string of the molecule is CN1C=C2C=CCN2c2cc(-c3cccnc3C3CC3)ccc2C12CC2. The molecule has 2 fully saturated rings. The molecule has 3 heteroatoms. The van der Waals surface area contributed by atoms with Crippen LogP contribution in [-0.2, 0) is 5.54 Å². The van der Waals surface area contributed by atoms with Gasteiger partial charge >= 0.3 is 0 Å². The number of benzene rings is 1. The molecule has 6 rings (SSSR count). The number of pyridine rings is 1. The lowest BCUT2D eigenvalue weighted by Crippen LogP contribution is -2.26. The van der Waals surface area contributed by atoms with Gasteiger partial charge in [0, 0.05) is 48.7 Å². The first-order chi connectivity index (χ1) is 12.8. The summed E-state index contributed by atoms with van der Waals surface area (Å²) in [5, 5.41) is 0. The van der Waals surface area contributed by atoms with Gasteiger partial charge in [-0.2, -0.15) is 0 Å². The summed E-state index contributed by atoms with van der Waals surface area (Å²) < 4.78 is 0. The van der Waals surface area contributed by atoms with Gasteiger partial charge in [0.1, 0.15) is 0 Å². The van der Waals surface area contributed by atoms with Crippen LogP contribution in [-0.4, -0.2) is 23.5 Å². The topological polar surface area (TPSA) is 19.4 Å². The van der Waals surface area contributed by atoms with Crippen LogP contribution in [0.4, 0.5) is 5.69 Å². The number of anilines is 1. The van der Waals surface area contributed by atoms with Gasteiger partial charge in [0.2, 0.25) is 0 Å². The Morgan fingerprint density at radius 3 is 2.85 bits per heavy atom. The molecule has 3 heterocycles. The van der Waals surface area contributed by atoms with E-state index < -0.39 is 0 Å². The Morgan fingerprint density at radius 2 is 2.04 bits per heavy atom. The maximum Gasteiger partial charge on any atom is 0.0668 e. The van der Waals surface area contributed by atoms with Crippen molar-refractivity contribution < 1.29 is 0 Å². The molecule has 2 aliphatic carbocycles. The molecular weight excluding hydrogens is 318 g/mol. The number of aromatic nitrogens is 1. The summed E-state index contributed by atoms with van der Waals surface area (Å²) in [5.41, 5.74) is 8.29. The summed E-state index contributed by atoms with van der Waals surface area (Å²) in [4.78, 5) is 9.63. The van der Waals surface area contributed by atoms with Crippen molar-refractivity contribution in [2.75, 3.05) is 18.5 Å². The van der Waals surface area contributed by atoms with E-state index in [2.05, 4.69) is 65.5 Å². The van der Waals surface area contributed by atoms with Crippen molar-refractivity contribution in [1.29, 1.82) is 0 Å². The molecular formula is C23H23N3. The van der Waals surface area contributed by atoms with Crippen molar-refractivity contribution in [2.24, 2.45) is 0 Å². The lowest BCUT2D eigenvalue weighted by molar-refractivity contribution is 0.314. The number of hydrogen-bond donors (Lipinski definition) is 0. The highest BCUT2D eigenvalue weighted by molar-refractivity contribution is 5.76. The minimum Gasteiger partial charge on any atom is -0.369 e. The Balaban J connectivity index is 1.54. The standard InChI is InChI=1S/C23H23N3/c1-25-15-18-4-3-13-26(18)21-14-17(8-9-20(21)23(25)10-11-23)19-5-2-12-24-22(19)16-6-7-16/h2-5,8-9,12,14-16H,6-7,10-11,13H2,1H3. The lowest BCUT2D eigenvalue weighted by Gasteiger charge is -2.28. The minimum atomic E-state index is 0.202. The largest absolute Gasteiger partial charge is 0.369 e. The summed E-state index contributed by atoms with van der Waals surface area (Å²) in [6.45, 7) is 0.967. The average Bonchev–Trinajstić information content (AvgIpc) is 3.59. The van der Waals surface area contributed by atoms with Gasteiger partial charge in [-0.3, -0.25) is 4.98 Å². The monoisotopic (exact) mass is 341 g/mol. The Kier molecular flexibility index (Phi) is 2.81. The third-order valence-electron chi connectivity index (χ3n) is 6.52. The maximum absolute atomic E-state index is 4.72. The molecule has 1 spiro atoms. The molecule has 2 saturated carbocycles. The van der Waals surface area contributed by atoms with Gasteiger partial charge < -0.3 is 9.80 Å². The van der Waals surface area contributed by atoms with Crippen LogP contribution in [0.3, 0.4) is 0 Å². The van der Waals surface area contributed by atoms with Crippen LogP contribution >= 0.6 is 0 Å². The van der Waals surface area contributed by atoms with Crippen LogP contribution in [0.25, 0.3) is 11.1 Å². The molecule has 0 saturated heterocycles. The summed E-state index contributed by atoms with van der Waals surface area (Å²) >= 11 is 0. The summed E-state index contributed by atoms with van der Waals surface area (Å²) in [6, 6.07) is 11.4. The average molecular weight is 341 g/mol. The van der Waals surface area contributed by atoms with E-state index in [4.69, 9.17) is 4.98 Å². The first-order valence-electron chi connectivity index (χ1n) is 9.75. The lowest BCUT2D eigenvalue weighted by atomic mass is 9.94. The number of nitrogens with zero attached hydrogens (tertiary/aromatic N) is 3. The van der Waals surface area contributed by atoms with Gasteiger partial charge in [-0.1, -0.05) is 24.3 Å². The molecule has 0 radical (unpaired) electrons. The molecule has 130 valence electrons. The molecule has 0 unspecified atom stereocenters. The molecule has 2 aromatic rings. The van der Waals surface area contributed by atoms with E-state index in [1.807, 2.05) is 6.20 Å². The molecule has 3 nitrogen and oxygen atoms in total. The predicted molar refractivity (Wildman–Crippen MR) is 105 cm³/mol. The van der Waals surface area contributed by atoms with Gasteiger partial charge in [0.15, 0.2) is 0 Å². The van der Waals surface area contributed by atoms with Crippen molar-refractivity contribution >= 4 is 5.69 Å². The van der Waals surface area contributed by atoms with E-state index in [9.17, 15) is 0 Å². The van der Waals surface area contributed by atoms with E-state index in [1.165, 1.54) is 59.5 Å². The van der Waals surface area contributed by atoms with E-state index >= 15 is 0 Å². The molecule has 1 aromatic heterocycles. The van der Waals surface area contributed by atoms with Crippen LogP contribution < -0.4 is 4.90 Å². The third kappa shape index (κ3) is 1.97. The molecule has 0 amide bonds. The fourth-order valence-corrected chi connectivity index (χ4v) is 4.74. The summed E-state index contributed by atoms with van der Waals surface area (Å²) in [5.74, 6) is 0.662. The Labute approximate surface area is 154 Å². The number of allylic oxidation sites excluding steroid dienone is 1. The molecule has 4 aliphatic rings. The Hall–Kier alpha value is -2.55. The van der Waals surface area contributed by atoms with Gasteiger partial charge in [-0.15, -0.1) is 0 Å². The highest BCUT2D eigenvalue weighted by atomic mass is 15.3. The van der Waals surface area contributed by atoms with Crippen LogP contribution in [0, 0.1) is 0 Å². The molecule has 2 aliphatic heterocycles. The van der Waals surface area contributed by atoms with Gasteiger partial charge in [0.05, 0.1) is 16.9 Å². The third-order valence-corrected chi connectivity index (χ3v) is 6.52. The van der Waals surface area contributed by atoms with Crippen LogP contribution in [0.2, 0.25) is 0 Å². The molecule has 1 aromatic carbocycles. The van der Waals surface area contributed by atoms with Gasteiger partial charge in [-0.25, -0.2) is 0 Å². The minimum absolute atomic E-state index is 0.202. The summed E-state index contributed by atoms with van der Waals surface area (Å²) in [6.07, 6.45) is 13.9. The first-order valence-corrected chi connectivity index (χ1v) is 9.75.